The van der Waals surface area contributed by atoms with Gasteiger partial charge in [-0.25, -0.2) is 4.79 Å². The van der Waals surface area contributed by atoms with E-state index in [1.165, 1.54) is 13.3 Å². The minimum Gasteiger partial charge on any atom is -0.465 e. The number of pyridine rings is 1. The number of amidine groups is 1. The summed E-state index contributed by atoms with van der Waals surface area (Å²) >= 11 is 1.13. The highest BCUT2D eigenvalue weighted by Gasteiger charge is 2.06. The van der Waals surface area contributed by atoms with E-state index in [2.05, 4.69) is 14.7 Å². The SMILES string of the molecule is COC(=O)c1ccc(CSC(=N)N=C(N)N)nc1. The number of hydrogen-bond donors (Lipinski definition) is 3. The molecule has 0 fully saturated rings. The molecule has 0 aliphatic rings. The molecule has 0 saturated carbocycles. The van der Waals surface area contributed by atoms with Crippen molar-refractivity contribution in [3.8, 4) is 0 Å². The molecule has 0 atom stereocenters. The molecule has 0 aliphatic heterocycles. The molecule has 1 rings (SSSR count). The van der Waals surface area contributed by atoms with Crippen molar-refractivity contribution in [2.45, 2.75) is 5.75 Å². The van der Waals surface area contributed by atoms with Gasteiger partial charge in [-0.3, -0.25) is 10.4 Å². The van der Waals surface area contributed by atoms with Crippen molar-refractivity contribution < 1.29 is 9.53 Å². The first-order valence-corrected chi connectivity index (χ1v) is 5.85. The highest BCUT2D eigenvalue weighted by atomic mass is 32.2. The van der Waals surface area contributed by atoms with Crippen LogP contribution in [0.3, 0.4) is 0 Å². The summed E-state index contributed by atoms with van der Waals surface area (Å²) in [4.78, 5) is 18.8. The second-order valence-corrected chi connectivity index (χ2v) is 4.12. The zero-order valence-electron chi connectivity index (χ0n) is 9.71. The Kier molecular flexibility index (Phi) is 5.12. The van der Waals surface area contributed by atoms with Gasteiger partial charge in [0.15, 0.2) is 11.1 Å². The molecule has 0 radical (unpaired) electrons. The minimum atomic E-state index is -0.435. The Balaban J connectivity index is 2.57. The number of aromatic nitrogens is 1. The van der Waals surface area contributed by atoms with Gasteiger partial charge in [0.25, 0.3) is 0 Å². The average Bonchev–Trinajstić information content (AvgIpc) is 2.35. The summed E-state index contributed by atoms with van der Waals surface area (Å²) in [6.07, 6.45) is 1.42. The van der Waals surface area contributed by atoms with Gasteiger partial charge in [-0.2, -0.15) is 4.99 Å². The van der Waals surface area contributed by atoms with Gasteiger partial charge in [0.05, 0.1) is 18.4 Å². The number of nitrogens with zero attached hydrogens (tertiary/aromatic N) is 2. The predicted octanol–water partition coefficient (Wildman–Crippen LogP) is 0.310. The maximum atomic E-state index is 11.2. The normalized spacial score (nSPS) is 9.61. The Bertz CT molecular complexity index is 468. The monoisotopic (exact) mass is 267 g/mol. The van der Waals surface area contributed by atoms with Crippen molar-refractivity contribution in [1.29, 1.82) is 5.41 Å². The van der Waals surface area contributed by atoms with Crippen molar-refractivity contribution in [2.75, 3.05) is 7.11 Å². The summed E-state index contributed by atoms with van der Waals surface area (Å²) in [5.74, 6) is -0.145. The van der Waals surface area contributed by atoms with Gasteiger partial charge >= 0.3 is 5.97 Å². The number of carbonyl (C=O) groups is 1. The first-order chi connectivity index (χ1) is 8.52. The molecule has 1 heterocycles. The molecule has 0 aromatic carbocycles. The maximum Gasteiger partial charge on any atom is 0.339 e. The fourth-order valence-electron chi connectivity index (χ4n) is 1.04. The lowest BCUT2D eigenvalue weighted by Crippen LogP contribution is -2.23. The maximum absolute atomic E-state index is 11.2. The summed E-state index contributed by atoms with van der Waals surface area (Å²) in [5, 5.41) is 7.43. The van der Waals surface area contributed by atoms with E-state index >= 15 is 0 Å². The molecule has 96 valence electrons. The van der Waals surface area contributed by atoms with Gasteiger partial charge < -0.3 is 16.2 Å². The third-order valence-electron chi connectivity index (χ3n) is 1.83. The van der Waals surface area contributed by atoms with Crippen molar-refractivity contribution in [3.05, 3.63) is 29.6 Å². The van der Waals surface area contributed by atoms with Gasteiger partial charge in [-0.1, -0.05) is 11.8 Å². The van der Waals surface area contributed by atoms with Crippen LogP contribution in [0, 0.1) is 5.41 Å². The van der Waals surface area contributed by atoms with E-state index in [9.17, 15) is 4.79 Å². The van der Waals surface area contributed by atoms with Crippen LogP contribution in [0.1, 0.15) is 16.1 Å². The lowest BCUT2D eigenvalue weighted by Gasteiger charge is -2.01. The standard InChI is InChI=1S/C10H13N5O2S/c1-17-8(16)6-2-3-7(14-4-6)5-18-10(13)15-9(11)12/h2-4H,5H2,1H3,(H5,11,12,13,15). The molecular formula is C10H13N5O2S. The number of guanidine groups is 1. The van der Waals surface area contributed by atoms with Crippen molar-refractivity contribution >= 4 is 28.9 Å². The largest absolute Gasteiger partial charge is 0.465 e. The van der Waals surface area contributed by atoms with E-state index in [-0.39, 0.29) is 11.1 Å². The van der Waals surface area contributed by atoms with E-state index in [0.717, 1.165) is 11.8 Å². The van der Waals surface area contributed by atoms with Crippen molar-refractivity contribution in [2.24, 2.45) is 16.5 Å². The second kappa shape index (κ2) is 6.60. The van der Waals surface area contributed by atoms with E-state index < -0.39 is 5.97 Å². The van der Waals surface area contributed by atoms with Crippen molar-refractivity contribution in [3.63, 3.8) is 0 Å². The van der Waals surface area contributed by atoms with Crippen LogP contribution in [0.5, 0.6) is 0 Å². The lowest BCUT2D eigenvalue weighted by molar-refractivity contribution is 0.0600. The number of ether oxygens (including phenoxy) is 1. The van der Waals surface area contributed by atoms with Crippen LogP contribution in [0.25, 0.3) is 0 Å². The molecule has 8 heteroatoms. The van der Waals surface area contributed by atoms with Crippen LogP contribution in [0.4, 0.5) is 0 Å². The third-order valence-corrected chi connectivity index (χ3v) is 2.64. The van der Waals surface area contributed by atoms with Gasteiger partial charge in [0.1, 0.15) is 0 Å². The lowest BCUT2D eigenvalue weighted by atomic mass is 10.2. The second-order valence-electron chi connectivity index (χ2n) is 3.16. The molecule has 0 saturated heterocycles. The van der Waals surface area contributed by atoms with Gasteiger partial charge in [-0.05, 0) is 12.1 Å². The molecule has 0 unspecified atom stereocenters. The third kappa shape index (κ3) is 4.42. The summed E-state index contributed by atoms with van der Waals surface area (Å²) in [6.45, 7) is 0. The number of hydrogen-bond acceptors (Lipinski definition) is 5. The van der Waals surface area contributed by atoms with E-state index in [4.69, 9.17) is 16.9 Å². The van der Waals surface area contributed by atoms with Crippen LogP contribution in [0.15, 0.2) is 23.3 Å². The number of carbonyl (C=O) groups excluding carboxylic acids is 1. The first kappa shape index (κ1) is 14.0. The number of esters is 1. The number of aliphatic imine (C=N–C) groups is 1. The zero-order valence-corrected chi connectivity index (χ0v) is 10.5. The minimum absolute atomic E-state index is 0.00819. The highest BCUT2D eigenvalue weighted by Crippen LogP contribution is 2.12. The molecule has 5 N–H and O–H groups in total. The zero-order chi connectivity index (χ0) is 13.5. The number of nitrogens with two attached hydrogens (primary N) is 2. The van der Waals surface area contributed by atoms with E-state index in [1.807, 2.05) is 0 Å². The summed E-state index contributed by atoms with van der Waals surface area (Å²) in [5.41, 5.74) is 11.4. The molecule has 7 nitrogen and oxygen atoms in total. The summed E-state index contributed by atoms with van der Waals surface area (Å²) in [6, 6.07) is 3.29. The molecule has 0 bridgehead atoms. The van der Waals surface area contributed by atoms with Crippen LogP contribution in [0.2, 0.25) is 0 Å². The Morgan fingerprint density at radius 1 is 1.56 bits per heavy atom. The molecular weight excluding hydrogens is 254 g/mol. The van der Waals surface area contributed by atoms with Gasteiger partial charge in [0.2, 0.25) is 0 Å². The Labute approximate surface area is 108 Å². The number of nitrogens with one attached hydrogen (secondary N) is 1. The van der Waals surface area contributed by atoms with Crippen LogP contribution >= 0.6 is 11.8 Å². The fraction of sp³-hybridized carbons (Fsp3) is 0.200. The Hall–Kier alpha value is -2.09. The number of methoxy groups -OCH3 is 1. The number of thioether (sulfide) groups is 1. The van der Waals surface area contributed by atoms with Gasteiger partial charge in [0, 0.05) is 11.9 Å². The molecule has 0 aliphatic carbocycles. The van der Waals surface area contributed by atoms with E-state index in [0.29, 0.717) is 17.0 Å². The molecule has 1 aromatic rings. The quantitative estimate of drug-likeness (QED) is 0.411. The smallest absolute Gasteiger partial charge is 0.339 e. The van der Waals surface area contributed by atoms with Crippen LogP contribution in [-0.2, 0) is 10.5 Å². The first-order valence-electron chi connectivity index (χ1n) is 4.87. The average molecular weight is 267 g/mol. The molecule has 0 spiro atoms. The fourth-order valence-corrected chi connectivity index (χ4v) is 1.67. The molecule has 1 aromatic heterocycles. The van der Waals surface area contributed by atoms with E-state index in [1.54, 1.807) is 12.1 Å². The molecule has 18 heavy (non-hydrogen) atoms. The summed E-state index contributed by atoms with van der Waals surface area (Å²) < 4.78 is 4.55. The highest BCUT2D eigenvalue weighted by molar-refractivity contribution is 8.13. The number of rotatable bonds is 3. The van der Waals surface area contributed by atoms with Crippen LogP contribution in [-0.4, -0.2) is 29.2 Å². The van der Waals surface area contributed by atoms with Crippen molar-refractivity contribution in [1.82, 2.24) is 4.98 Å². The molecule has 0 amide bonds. The van der Waals surface area contributed by atoms with Gasteiger partial charge in [-0.15, -0.1) is 0 Å². The Morgan fingerprint density at radius 2 is 2.28 bits per heavy atom. The van der Waals surface area contributed by atoms with Crippen LogP contribution < -0.4 is 11.5 Å². The predicted molar refractivity (Wildman–Crippen MR) is 70.4 cm³/mol. The Morgan fingerprint density at radius 3 is 2.78 bits per heavy atom. The topological polar surface area (TPSA) is 127 Å². The summed E-state index contributed by atoms with van der Waals surface area (Å²) in [7, 11) is 1.31.